The van der Waals surface area contributed by atoms with Gasteiger partial charge in [0.25, 0.3) is 0 Å². The summed E-state index contributed by atoms with van der Waals surface area (Å²) in [6.45, 7) is 0. The number of anilines is 2. The van der Waals surface area contributed by atoms with Gasteiger partial charge in [-0.2, -0.15) is 0 Å². The van der Waals surface area contributed by atoms with E-state index in [2.05, 4.69) is 33.0 Å². The van der Waals surface area contributed by atoms with Crippen molar-refractivity contribution in [2.45, 2.75) is 0 Å². The summed E-state index contributed by atoms with van der Waals surface area (Å²) < 4.78 is 2.32. The molecule has 2 aromatic heterocycles. The lowest BCUT2D eigenvalue weighted by molar-refractivity contribution is 1.36. The first kappa shape index (κ1) is 11.7. The Labute approximate surface area is 122 Å². The second-order valence-electron chi connectivity index (χ2n) is 3.97. The summed E-state index contributed by atoms with van der Waals surface area (Å²) in [5.74, 6) is 0.582. The largest absolute Gasteiger partial charge is 0.399 e. The van der Waals surface area contributed by atoms with Crippen molar-refractivity contribution in [2.24, 2.45) is 0 Å². The minimum absolute atomic E-state index is 0.582. The highest BCUT2D eigenvalue weighted by atomic mass is 127. The normalized spacial score (nSPS) is 10.9. The van der Waals surface area contributed by atoms with Gasteiger partial charge in [0.2, 0.25) is 0 Å². The minimum Gasteiger partial charge on any atom is -0.399 e. The van der Waals surface area contributed by atoms with Gasteiger partial charge in [0.1, 0.15) is 5.82 Å². The average molecular weight is 367 g/mol. The highest BCUT2D eigenvalue weighted by Crippen LogP contribution is 2.38. The molecule has 0 aliphatic heterocycles. The summed E-state index contributed by atoms with van der Waals surface area (Å²) in [4.78, 5) is 4.24. The Hall–Kier alpha value is -1.34. The molecule has 0 aliphatic carbocycles. The maximum absolute atomic E-state index is 6.01. The maximum atomic E-state index is 6.01. The molecule has 0 unspecified atom stereocenters. The zero-order valence-corrected chi connectivity index (χ0v) is 12.3. The lowest BCUT2D eigenvalue weighted by Gasteiger charge is -2.03. The molecular weight excluding hydrogens is 357 g/mol. The standard InChI is InChI=1S/C13H10IN3S/c14-10-5-17-13(16)11-9(6-18-12(10)11)7-1-3-8(15)4-2-7/h1-6H,15H2,(H2,16,17). The monoisotopic (exact) mass is 367 g/mol. The summed E-state index contributed by atoms with van der Waals surface area (Å²) in [7, 11) is 0. The summed E-state index contributed by atoms with van der Waals surface area (Å²) in [6, 6.07) is 7.82. The van der Waals surface area contributed by atoms with Crippen molar-refractivity contribution in [3.8, 4) is 11.1 Å². The van der Waals surface area contributed by atoms with Crippen LogP contribution in [-0.4, -0.2) is 4.98 Å². The molecule has 2 heterocycles. The van der Waals surface area contributed by atoms with Crippen LogP contribution in [0.3, 0.4) is 0 Å². The molecule has 3 nitrogen and oxygen atoms in total. The number of pyridine rings is 1. The zero-order valence-electron chi connectivity index (χ0n) is 9.35. The fraction of sp³-hybridized carbons (Fsp3) is 0. The molecule has 1 aromatic carbocycles. The fourth-order valence-electron chi connectivity index (χ4n) is 1.91. The van der Waals surface area contributed by atoms with Crippen LogP contribution in [0.25, 0.3) is 21.2 Å². The van der Waals surface area contributed by atoms with E-state index in [1.54, 1.807) is 11.3 Å². The third-order valence-corrected chi connectivity index (χ3v) is 5.00. The van der Waals surface area contributed by atoms with Crippen molar-refractivity contribution < 1.29 is 0 Å². The van der Waals surface area contributed by atoms with Crippen LogP contribution < -0.4 is 11.5 Å². The van der Waals surface area contributed by atoms with Gasteiger partial charge in [-0.25, -0.2) is 4.98 Å². The predicted molar refractivity (Wildman–Crippen MR) is 86.6 cm³/mol. The van der Waals surface area contributed by atoms with E-state index >= 15 is 0 Å². The molecule has 3 rings (SSSR count). The molecule has 0 atom stereocenters. The number of nitrogens with two attached hydrogens (primary N) is 2. The van der Waals surface area contributed by atoms with E-state index in [0.717, 1.165) is 25.8 Å². The summed E-state index contributed by atoms with van der Waals surface area (Å²) in [6.07, 6.45) is 1.81. The third kappa shape index (κ3) is 1.83. The Morgan fingerprint density at radius 3 is 2.56 bits per heavy atom. The number of fused-ring (bicyclic) bond motifs is 1. The first-order valence-corrected chi connectivity index (χ1v) is 7.30. The van der Waals surface area contributed by atoms with Gasteiger partial charge >= 0.3 is 0 Å². The lowest BCUT2D eigenvalue weighted by Crippen LogP contribution is -1.92. The Morgan fingerprint density at radius 1 is 1.11 bits per heavy atom. The van der Waals surface area contributed by atoms with Crippen LogP contribution in [0.15, 0.2) is 35.8 Å². The van der Waals surface area contributed by atoms with E-state index in [-0.39, 0.29) is 0 Å². The fourth-order valence-corrected chi connectivity index (χ4v) is 3.69. The number of thiophene rings is 1. The van der Waals surface area contributed by atoms with Crippen molar-refractivity contribution in [3.63, 3.8) is 0 Å². The second kappa shape index (κ2) is 4.40. The van der Waals surface area contributed by atoms with Crippen molar-refractivity contribution in [1.82, 2.24) is 4.98 Å². The number of rotatable bonds is 1. The summed E-state index contributed by atoms with van der Waals surface area (Å²) >= 11 is 3.98. The van der Waals surface area contributed by atoms with Gasteiger partial charge in [0.15, 0.2) is 0 Å². The molecular formula is C13H10IN3S. The Kier molecular flexibility index (Phi) is 2.87. The van der Waals surface area contributed by atoms with Gasteiger partial charge in [0, 0.05) is 26.4 Å². The van der Waals surface area contributed by atoms with Gasteiger partial charge in [-0.15, -0.1) is 11.3 Å². The number of halogens is 1. The molecule has 5 heteroatoms. The van der Waals surface area contributed by atoms with Crippen LogP contribution >= 0.6 is 33.9 Å². The van der Waals surface area contributed by atoms with Crippen molar-refractivity contribution >= 4 is 55.5 Å². The van der Waals surface area contributed by atoms with Crippen LogP contribution in [0.2, 0.25) is 0 Å². The molecule has 0 spiro atoms. The van der Waals surface area contributed by atoms with E-state index in [9.17, 15) is 0 Å². The van der Waals surface area contributed by atoms with E-state index in [1.165, 1.54) is 4.70 Å². The second-order valence-corrected chi connectivity index (χ2v) is 6.01. The SMILES string of the molecule is Nc1ccc(-c2csc3c(I)cnc(N)c23)cc1. The van der Waals surface area contributed by atoms with Gasteiger partial charge in [-0.3, -0.25) is 0 Å². The van der Waals surface area contributed by atoms with Gasteiger partial charge in [-0.1, -0.05) is 12.1 Å². The first-order chi connectivity index (χ1) is 8.66. The van der Waals surface area contributed by atoms with Crippen molar-refractivity contribution in [3.05, 3.63) is 39.4 Å². The van der Waals surface area contributed by atoms with Gasteiger partial charge in [0.05, 0.1) is 4.70 Å². The van der Waals surface area contributed by atoms with E-state index in [1.807, 2.05) is 30.5 Å². The predicted octanol–water partition coefficient (Wildman–Crippen LogP) is 3.73. The number of nitrogen functional groups attached to an aromatic ring is 2. The van der Waals surface area contributed by atoms with Crippen LogP contribution in [0.1, 0.15) is 0 Å². The first-order valence-electron chi connectivity index (χ1n) is 5.34. The highest BCUT2D eigenvalue weighted by Gasteiger charge is 2.12. The molecule has 0 aliphatic rings. The molecule has 18 heavy (non-hydrogen) atoms. The van der Waals surface area contributed by atoms with Crippen LogP contribution in [0, 0.1) is 3.57 Å². The Morgan fingerprint density at radius 2 is 1.83 bits per heavy atom. The number of nitrogens with zero attached hydrogens (tertiary/aromatic N) is 1. The number of hydrogen-bond acceptors (Lipinski definition) is 4. The number of aromatic nitrogens is 1. The minimum atomic E-state index is 0.582. The summed E-state index contributed by atoms with van der Waals surface area (Å²) in [5.41, 5.74) is 14.7. The molecule has 0 saturated carbocycles. The molecule has 90 valence electrons. The van der Waals surface area contributed by atoms with Crippen molar-refractivity contribution in [1.29, 1.82) is 0 Å². The number of benzene rings is 1. The third-order valence-electron chi connectivity index (χ3n) is 2.80. The lowest BCUT2D eigenvalue weighted by atomic mass is 10.1. The molecule has 4 N–H and O–H groups in total. The van der Waals surface area contributed by atoms with E-state index in [4.69, 9.17) is 11.5 Å². The molecule has 3 aromatic rings. The average Bonchev–Trinajstić information content (AvgIpc) is 2.81. The zero-order chi connectivity index (χ0) is 12.7. The molecule has 0 amide bonds. The maximum Gasteiger partial charge on any atom is 0.132 e. The molecule has 0 saturated heterocycles. The van der Waals surface area contributed by atoms with Crippen LogP contribution in [-0.2, 0) is 0 Å². The Balaban J connectivity index is 2.30. The van der Waals surface area contributed by atoms with Crippen LogP contribution in [0.4, 0.5) is 11.5 Å². The quantitative estimate of drug-likeness (QED) is 0.509. The smallest absolute Gasteiger partial charge is 0.132 e. The molecule has 0 radical (unpaired) electrons. The molecule has 0 fully saturated rings. The van der Waals surface area contributed by atoms with Gasteiger partial charge in [-0.05, 0) is 45.7 Å². The van der Waals surface area contributed by atoms with Gasteiger partial charge < -0.3 is 11.5 Å². The summed E-state index contributed by atoms with van der Waals surface area (Å²) in [5, 5.41) is 3.16. The van der Waals surface area contributed by atoms with E-state index in [0.29, 0.717) is 5.82 Å². The topological polar surface area (TPSA) is 64.9 Å². The van der Waals surface area contributed by atoms with E-state index < -0.39 is 0 Å². The number of hydrogen-bond donors (Lipinski definition) is 2. The van der Waals surface area contributed by atoms with Crippen LogP contribution in [0.5, 0.6) is 0 Å². The molecule has 0 bridgehead atoms. The van der Waals surface area contributed by atoms with Crippen molar-refractivity contribution in [2.75, 3.05) is 11.5 Å². The Bertz CT molecular complexity index is 719. The highest BCUT2D eigenvalue weighted by molar-refractivity contribution is 14.1.